The van der Waals surface area contributed by atoms with Gasteiger partial charge in [-0.1, -0.05) is 97.1 Å². The lowest BCUT2D eigenvalue weighted by Crippen LogP contribution is -1.96. The number of rotatable bonds is 4. The van der Waals surface area contributed by atoms with Crippen LogP contribution in [-0.4, -0.2) is 9.13 Å². The van der Waals surface area contributed by atoms with Crippen molar-refractivity contribution in [1.82, 2.24) is 9.13 Å². The Morgan fingerprint density at radius 2 is 0.891 bits per heavy atom. The zero-order chi connectivity index (χ0) is 30.6. The van der Waals surface area contributed by atoms with Gasteiger partial charge in [0.1, 0.15) is 0 Å². The van der Waals surface area contributed by atoms with E-state index in [0.717, 1.165) is 44.7 Å². The van der Waals surface area contributed by atoms with Crippen LogP contribution >= 0.6 is 0 Å². The van der Waals surface area contributed by atoms with Crippen molar-refractivity contribution in [2.45, 2.75) is 0 Å². The number of para-hydroxylation sites is 4. The first kappa shape index (κ1) is 26.1. The number of nitrogens with zero attached hydrogens (tertiary/aromatic N) is 3. The van der Waals surface area contributed by atoms with Crippen LogP contribution in [0.3, 0.4) is 0 Å². The zero-order valence-corrected chi connectivity index (χ0v) is 24.9. The Hall–Kier alpha value is -6.37. The smallest absolute Gasteiger partial charge is 0.0998 e. The molecular weight excluding hydrogens is 558 g/mol. The van der Waals surface area contributed by atoms with Gasteiger partial charge in [0.25, 0.3) is 0 Å². The van der Waals surface area contributed by atoms with Crippen LogP contribution in [0.15, 0.2) is 164 Å². The standard InChI is InChI=1S/C43H27N3/c44-28-30-12-4-5-15-35(30)32-24-31(25-34(26-32)46-40-19-9-6-16-36(40)37-17-7-10-20-41(37)46)29-22-23-43-39(27-29)38-18-8-11-21-42(38)45(43)33-13-2-1-3-14-33/h1-27H. The van der Waals surface area contributed by atoms with E-state index >= 15 is 0 Å². The minimum Gasteiger partial charge on any atom is -0.309 e. The Labute approximate surface area is 266 Å². The average molecular weight is 586 g/mol. The molecule has 0 aliphatic carbocycles. The van der Waals surface area contributed by atoms with Gasteiger partial charge in [-0.3, -0.25) is 0 Å². The Kier molecular flexibility index (Phi) is 5.88. The SMILES string of the molecule is N#Cc1ccccc1-c1cc(-c2ccc3c(c2)c2ccccc2n3-c2ccccc2)cc(-n2c3ccccc3c3ccccc32)c1. The van der Waals surface area contributed by atoms with E-state index in [4.69, 9.17) is 0 Å². The molecule has 3 nitrogen and oxygen atoms in total. The predicted octanol–water partition coefficient (Wildman–Crippen LogP) is 11.1. The monoisotopic (exact) mass is 585 g/mol. The average Bonchev–Trinajstić information content (AvgIpc) is 3.64. The normalized spacial score (nSPS) is 11.5. The molecule has 0 aliphatic rings. The lowest BCUT2D eigenvalue weighted by atomic mass is 9.94. The summed E-state index contributed by atoms with van der Waals surface area (Å²) in [5, 5.41) is 14.9. The van der Waals surface area contributed by atoms with E-state index in [-0.39, 0.29) is 0 Å². The third kappa shape index (κ3) is 3.98. The molecule has 0 atom stereocenters. The van der Waals surface area contributed by atoms with E-state index in [1.807, 2.05) is 24.3 Å². The summed E-state index contributed by atoms with van der Waals surface area (Å²) in [6, 6.07) is 60.2. The van der Waals surface area contributed by atoms with Gasteiger partial charge in [-0.2, -0.15) is 5.26 Å². The molecule has 0 saturated heterocycles. The van der Waals surface area contributed by atoms with Crippen molar-refractivity contribution in [3.63, 3.8) is 0 Å². The highest BCUT2D eigenvalue weighted by Crippen LogP contribution is 2.39. The maximum absolute atomic E-state index is 10.1. The van der Waals surface area contributed by atoms with Crippen molar-refractivity contribution in [3.8, 4) is 39.7 Å². The molecule has 9 rings (SSSR count). The fourth-order valence-corrected chi connectivity index (χ4v) is 7.10. The summed E-state index contributed by atoms with van der Waals surface area (Å²) in [6.07, 6.45) is 0. The number of aromatic nitrogens is 2. The summed E-state index contributed by atoms with van der Waals surface area (Å²) in [4.78, 5) is 0. The molecule has 9 aromatic rings. The highest BCUT2D eigenvalue weighted by atomic mass is 15.0. The summed E-state index contributed by atoms with van der Waals surface area (Å²) in [7, 11) is 0. The fraction of sp³-hybridized carbons (Fsp3) is 0. The van der Waals surface area contributed by atoms with Gasteiger partial charge in [0.15, 0.2) is 0 Å². The fourth-order valence-electron chi connectivity index (χ4n) is 7.10. The third-order valence-electron chi connectivity index (χ3n) is 9.13. The number of benzene rings is 7. The number of nitriles is 1. The summed E-state index contributed by atoms with van der Waals surface area (Å²) in [5.41, 5.74) is 11.7. The quantitative estimate of drug-likeness (QED) is 0.202. The summed E-state index contributed by atoms with van der Waals surface area (Å²) in [5.74, 6) is 0. The van der Waals surface area contributed by atoms with Crippen molar-refractivity contribution in [2.24, 2.45) is 0 Å². The molecule has 0 amide bonds. The Bertz CT molecular complexity index is 2600. The molecular formula is C43H27N3. The Balaban J connectivity index is 1.34. The molecule has 0 aliphatic heterocycles. The van der Waals surface area contributed by atoms with Gasteiger partial charge in [0.2, 0.25) is 0 Å². The molecule has 46 heavy (non-hydrogen) atoms. The molecule has 0 unspecified atom stereocenters. The van der Waals surface area contributed by atoms with Crippen molar-refractivity contribution >= 4 is 43.6 Å². The first-order chi connectivity index (χ1) is 22.8. The molecule has 214 valence electrons. The molecule has 0 spiro atoms. The van der Waals surface area contributed by atoms with Crippen LogP contribution in [0.5, 0.6) is 0 Å². The van der Waals surface area contributed by atoms with E-state index in [9.17, 15) is 5.26 Å². The van der Waals surface area contributed by atoms with E-state index in [2.05, 4.69) is 155 Å². The van der Waals surface area contributed by atoms with Gasteiger partial charge in [-0.15, -0.1) is 0 Å². The Morgan fingerprint density at radius 3 is 1.57 bits per heavy atom. The van der Waals surface area contributed by atoms with Crippen LogP contribution in [0.25, 0.3) is 77.2 Å². The molecule has 2 aromatic heterocycles. The lowest BCUT2D eigenvalue weighted by molar-refractivity contribution is 1.18. The molecule has 0 N–H and O–H groups in total. The largest absolute Gasteiger partial charge is 0.309 e. The van der Waals surface area contributed by atoms with Gasteiger partial charge >= 0.3 is 0 Å². The van der Waals surface area contributed by atoms with Crippen LogP contribution in [0.2, 0.25) is 0 Å². The van der Waals surface area contributed by atoms with E-state index in [0.29, 0.717) is 5.56 Å². The van der Waals surface area contributed by atoms with Crippen LogP contribution in [-0.2, 0) is 0 Å². The highest BCUT2D eigenvalue weighted by Gasteiger charge is 2.17. The molecule has 2 heterocycles. The van der Waals surface area contributed by atoms with Crippen LogP contribution in [0.4, 0.5) is 0 Å². The van der Waals surface area contributed by atoms with Crippen molar-refractivity contribution in [3.05, 3.63) is 169 Å². The van der Waals surface area contributed by atoms with Gasteiger partial charge in [0, 0.05) is 32.9 Å². The second kappa shape index (κ2) is 10.4. The lowest BCUT2D eigenvalue weighted by Gasteiger charge is -2.15. The minimum atomic E-state index is 0.661. The topological polar surface area (TPSA) is 33.6 Å². The van der Waals surface area contributed by atoms with Gasteiger partial charge in [-0.25, -0.2) is 0 Å². The van der Waals surface area contributed by atoms with E-state index in [1.165, 1.54) is 32.6 Å². The van der Waals surface area contributed by atoms with Crippen LogP contribution < -0.4 is 0 Å². The van der Waals surface area contributed by atoms with Crippen LogP contribution in [0.1, 0.15) is 5.56 Å². The van der Waals surface area contributed by atoms with Gasteiger partial charge in [0.05, 0.1) is 33.7 Å². The summed E-state index contributed by atoms with van der Waals surface area (Å²) >= 11 is 0. The number of hydrogen-bond acceptors (Lipinski definition) is 1. The number of fused-ring (bicyclic) bond motifs is 6. The second-order valence-corrected chi connectivity index (χ2v) is 11.7. The minimum absolute atomic E-state index is 0.661. The second-order valence-electron chi connectivity index (χ2n) is 11.7. The van der Waals surface area contributed by atoms with Crippen LogP contribution in [0, 0.1) is 11.3 Å². The van der Waals surface area contributed by atoms with Gasteiger partial charge in [-0.05, 0) is 89.0 Å². The number of hydrogen-bond donors (Lipinski definition) is 0. The molecule has 7 aromatic carbocycles. The van der Waals surface area contributed by atoms with E-state index in [1.54, 1.807) is 0 Å². The summed E-state index contributed by atoms with van der Waals surface area (Å²) < 4.78 is 4.70. The van der Waals surface area contributed by atoms with Crippen molar-refractivity contribution < 1.29 is 0 Å². The maximum Gasteiger partial charge on any atom is 0.0998 e. The zero-order valence-electron chi connectivity index (χ0n) is 24.9. The Morgan fingerprint density at radius 1 is 0.370 bits per heavy atom. The first-order valence-corrected chi connectivity index (χ1v) is 15.5. The third-order valence-corrected chi connectivity index (χ3v) is 9.13. The van der Waals surface area contributed by atoms with Crippen molar-refractivity contribution in [1.29, 1.82) is 5.26 Å². The first-order valence-electron chi connectivity index (χ1n) is 15.5. The van der Waals surface area contributed by atoms with Crippen molar-refractivity contribution in [2.75, 3.05) is 0 Å². The molecule has 0 saturated carbocycles. The molecule has 0 bridgehead atoms. The summed E-state index contributed by atoms with van der Waals surface area (Å²) in [6.45, 7) is 0. The molecule has 0 fully saturated rings. The van der Waals surface area contributed by atoms with Gasteiger partial charge < -0.3 is 9.13 Å². The highest BCUT2D eigenvalue weighted by molar-refractivity contribution is 6.11. The molecule has 0 radical (unpaired) electrons. The molecule has 3 heteroatoms. The van der Waals surface area contributed by atoms with E-state index < -0.39 is 0 Å². The maximum atomic E-state index is 10.1. The predicted molar refractivity (Wildman–Crippen MR) is 191 cm³/mol.